The zero-order valence-corrected chi connectivity index (χ0v) is 14.1. The number of β-amino-alcohol motifs (C(OH)–C–C–N with tert-alkyl or cyclic N) is 1. The third kappa shape index (κ3) is 3.93. The van der Waals surface area contributed by atoms with Gasteiger partial charge in [-0.05, 0) is 18.2 Å². The van der Waals surface area contributed by atoms with E-state index in [1.54, 1.807) is 32.0 Å². The van der Waals surface area contributed by atoms with E-state index in [4.69, 9.17) is 16.7 Å². The molecule has 8 heteroatoms. The summed E-state index contributed by atoms with van der Waals surface area (Å²) in [5.41, 5.74) is 0.962. The molecular formula is C16H18ClN3O4. The Balaban J connectivity index is 2.18. The number of halogens is 1. The van der Waals surface area contributed by atoms with Gasteiger partial charge >= 0.3 is 0 Å². The van der Waals surface area contributed by atoms with E-state index < -0.39 is 11.8 Å². The molecular weight excluding hydrogens is 334 g/mol. The van der Waals surface area contributed by atoms with E-state index in [9.17, 15) is 14.4 Å². The molecule has 1 aromatic rings. The summed E-state index contributed by atoms with van der Waals surface area (Å²) in [6.45, 7) is 3.16. The first-order valence-corrected chi connectivity index (χ1v) is 7.77. The molecule has 2 rings (SSSR count). The summed E-state index contributed by atoms with van der Waals surface area (Å²) < 4.78 is 0. The minimum Gasteiger partial charge on any atom is -0.395 e. The van der Waals surface area contributed by atoms with E-state index in [1.807, 2.05) is 0 Å². The number of nitrogens with one attached hydrogen (secondary N) is 2. The van der Waals surface area contributed by atoms with Gasteiger partial charge in [0.2, 0.25) is 5.91 Å². The number of aliphatic hydroxyl groups excluding tert-OH is 1. The second kappa shape index (κ2) is 7.46. The van der Waals surface area contributed by atoms with Crippen molar-refractivity contribution < 1.29 is 19.5 Å². The van der Waals surface area contributed by atoms with Crippen molar-refractivity contribution in [1.29, 1.82) is 0 Å². The first-order chi connectivity index (χ1) is 11.3. The molecule has 0 fully saturated rings. The third-order valence-electron chi connectivity index (χ3n) is 3.36. The number of hydrogen-bond donors (Lipinski definition) is 3. The van der Waals surface area contributed by atoms with Crippen molar-refractivity contribution in [2.75, 3.05) is 23.8 Å². The molecule has 24 heavy (non-hydrogen) atoms. The highest BCUT2D eigenvalue weighted by Crippen LogP contribution is 2.28. The number of benzene rings is 1. The first-order valence-electron chi connectivity index (χ1n) is 7.39. The van der Waals surface area contributed by atoms with Gasteiger partial charge in [0, 0.05) is 17.7 Å². The van der Waals surface area contributed by atoms with E-state index in [1.165, 1.54) is 0 Å². The Bertz CT molecular complexity index is 715. The smallest absolute Gasteiger partial charge is 0.277 e. The Kier molecular flexibility index (Phi) is 5.58. The van der Waals surface area contributed by atoms with E-state index in [2.05, 4.69) is 10.6 Å². The summed E-state index contributed by atoms with van der Waals surface area (Å²) in [7, 11) is 0. The van der Waals surface area contributed by atoms with Gasteiger partial charge in [-0.25, -0.2) is 0 Å². The molecule has 0 unspecified atom stereocenters. The summed E-state index contributed by atoms with van der Waals surface area (Å²) in [6.07, 6.45) is 1.15. The number of amides is 3. The van der Waals surface area contributed by atoms with Gasteiger partial charge in [0.1, 0.15) is 5.70 Å². The van der Waals surface area contributed by atoms with Crippen LogP contribution in [0.25, 0.3) is 0 Å². The minimum absolute atomic E-state index is 0.0580. The van der Waals surface area contributed by atoms with Crippen LogP contribution in [0.5, 0.6) is 0 Å². The molecule has 1 heterocycles. The lowest BCUT2D eigenvalue weighted by molar-refractivity contribution is -0.137. The number of carbonyl (C=O) groups is 3. The van der Waals surface area contributed by atoms with E-state index in [0.717, 1.165) is 11.0 Å². The lowest BCUT2D eigenvalue weighted by Gasteiger charge is -2.15. The van der Waals surface area contributed by atoms with Gasteiger partial charge < -0.3 is 15.7 Å². The molecule has 0 aliphatic carbocycles. The molecule has 0 radical (unpaired) electrons. The molecule has 0 atom stereocenters. The number of aliphatic hydroxyl groups is 1. The van der Waals surface area contributed by atoms with Gasteiger partial charge in [0.25, 0.3) is 11.8 Å². The molecule has 1 aromatic carbocycles. The van der Waals surface area contributed by atoms with Crippen molar-refractivity contribution in [3.8, 4) is 0 Å². The molecule has 0 spiro atoms. The predicted molar refractivity (Wildman–Crippen MR) is 90.4 cm³/mol. The van der Waals surface area contributed by atoms with Crippen LogP contribution in [-0.4, -0.2) is 40.9 Å². The van der Waals surface area contributed by atoms with Crippen molar-refractivity contribution in [2.45, 2.75) is 13.8 Å². The average Bonchev–Trinajstić information content (AvgIpc) is 2.78. The Morgan fingerprint density at radius 2 is 2.04 bits per heavy atom. The zero-order chi connectivity index (χ0) is 17.9. The largest absolute Gasteiger partial charge is 0.395 e. The quantitative estimate of drug-likeness (QED) is 0.676. The third-order valence-corrected chi connectivity index (χ3v) is 3.69. The standard InChI is InChI=1S/C16H18ClN3O4/c1-9(2)15(23)18-10-3-4-11(17)12(7-10)19-13-8-14(22)20(5-6-21)16(13)24/h3-4,7-9,19,21H,5-6H2,1-2H3,(H,18,23). The van der Waals surface area contributed by atoms with Crippen LogP contribution in [-0.2, 0) is 14.4 Å². The van der Waals surface area contributed by atoms with E-state index >= 15 is 0 Å². The van der Waals surface area contributed by atoms with Gasteiger partial charge in [-0.1, -0.05) is 25.4 Å². The maximum atomic E-state index is 12.1. The van der Waals surface area contributed by atoms with Gasteiger partial charge in [0.05, 0.1) is 23.9 Å². The fourth-order valence-electron chi connectivity index (χ4n) is 2.04. The van der Waals surface area contributed by atoms with E-state index in [-0.39, 0.29) is 30.7 Å². The maximum absolute atomic E-state index is 12.1. The summed E-state index contributed by atoms with van der Waals surface area (Å²) in [5.74, 6) is -1.37. The second-order valence-electron chi connectivity index (χ2n) is 5.54. The normalized spacial score (nSPS) is 14.2. The fourth-order valence-corrected chi connectivity index (χ4v) is 2.21. The minimum atomic E-state index is -0.540. The molecule has 1 aliphatic heterocycles. The van der Waals surface area contributed by atoms with Crippen molar-refractivity contribution in [1.82, 2.24) is 4.90 Å². The summed E-state index contributed by atoms with van der Waals surface area (Å²) >= 11 is 6.10. The first kappa shape index (κ1) is 18.0. The molecule has 1 aliphatic rings. The average molecular weight is 352 g/mol. The maximum Gasteiger partial charge on any atom is 0.277 e. The number of carbonyl (C=O) groups excluding carboxylic acids is 3. The van der Waals surface area contributed by atoms with Crippen LogP contribution in [0.4, 0.5) is 11.4 Å². The lowest BCUT2D eigenvalue weighted by Crippen LogP contribution is -2.34. The highest BCUT2D eigenvalue weighted by Gasteiger charge is 2.30. The molecule has 7 nitrogen and oxygen atoms in total. The van der Waals surface area contributed by atoms with Gasteiger partial charge in [-0.15, -0.1) is 0 Å². The van der Waals surface area contributed by atoms with Crippen molar-refractivity contribution in [3.63, 3.8) is 0 Å². The number of anilines is 2. The fraction of sp³-hybridized carbons (Fsp3) is 0.312. The number of nitrogens with zero attached hydrogens (tertiary/aromatic N) is 1. The monoisotopic (exact) mass is 351 g/mol. The van der Waals surface area contributed by atoms with Crippen LogP contribution in [0.2, 0.25) is 5.02 Å². The molecule has 3 N–H and O–H groups in total. The van der Waals surface area contributed by atoms with Crippen LogP contribution >= 0.6 is 11.6 Å². The second-order valence-corrected chi connectivity index (χ2v) is 5.95. The number of hydrogen-bond acceptors (Lipinski definition) is 5. The number of imide groups is 1. The van der Waals surface area contributed by atoms with Gasteiger partial charge in [-0.3, -0.25) is 19.3 Å². The van der Waals surface area contributed by atoms with Gasteiger partial charge in [0.15, 0.2) is 0 Å². The molecule has 3 amide bonds. The van der Waals surface area contributed by atoms with Gasteiger partial charge in [-0.2, -0.15) is 0 Å². The Labute approximate surface area is 144 Å². The van der Waals surface area contributed by atoms with Crippen LogP contribution in [0.3, 0.4) is 0 Å². The van der Waals surface area contributed by atoms with Crippen LogP contribution in [0.15, 0.2) is 30.0 Å². The van der Waals surface area contributed by atoms with Crippen LogP contribution in [0, 0.1) is 5.92 Å². The Morgan fingerprint density at radius 3 is 2.67 bits per heavy atom. The molecule has 0 bridgehead atoms. The summed E-state index contributed by atoms with van der Waals surface area (Å²) in [5, 5.41) is 14.8. The van der Waals surface area contributed by atoms with Crippen LogP contribution < -0.4 is 10.6 Å². The zero-order valence-electron chi connectivity index (χ0n) is 13.3. The SMILES string of the molecule is CC(C)C(=O)Nc1ccc(Cl)c(NC2=CC(=O)N(CCO)C2=O)c1. The van der Waals surface area contributed by atoms with Crippen molar-refractivity contribution in [2.24, 2.45) is 5.92 Å². The summed E-state index contributed by atoms with van der Waals surface area (Å²) in [4.78, 5) is 36.5. The van der Waals surface area contributed by atoms with Crippen molar-refractivity contribution in [3.05, 3.63) is 35.0 Å². The molecule has 128 valence electrons. The topological polar surface area (TPSA) is 98.7 Å². The van der Waals surface area contributed by atoms with Crippen LogP contribution in [0.1, 0.15) is 13.8 Å². The number of rotatable bonds is 6. The molecule has 0 aromatic heterocycles. The molecule has 0 saturated carbocycles. The predicted octanol–water partition coefficient (Wildman–Crippen LogP) is 1.59. The lowest BCUT2D eigenvalue weighted by atomic mass is 10.2. The Hall–Kier alpha value is -2.38. The highest BCUT2D eigenvalue weighted by molar-refractivity contribution is 6.33. The highest BCUT2D eigenvalue weighted by atomic mass is 35.5. The van der Waals surface area contributed by atoms with Crippen molar-refractivity contribution >= 4 is 40.7 Å². The summed E-state index contributed by atoms with van der Waals surface area (Å²) in [6, 6.07) is 4.80. The Morgan fingerprint density at radius 1 is 1.33 bits per heavy atom. The van der Waals surface area contributed by atoms with E-state index in [0.29, 0.717) is 16.4 Å². The molecule has 0 saturated heterocycles.